The van der Waals surface area contributed by atoms with E-state index in [2.05, 4.69) is 34.9 Å². The Morgan fingerprint density at radius 1 is 1.26 bits per heavy atom. The Labute approximate surface area is 161 Å². The Bertz CT molecular complexity index is 793. The highest BCUT2D eigenvalue weighted by Gasteiger charge is 2.32. The van der Waals surface area contributed by atoms with E-state index in [1.165, 1.54) is 25.7 Å². The van der Waals surface area contributed by atoms with Gasteiger partial charge in [-0.15, -0.1) is 0 Å². The molecule has 0 bridgehead atoms. The van der Waals surface area contributed by atoms with E-state index in [-0.39, 0.29) is 0 Å². The number of likely N-dealkylation sites (tertiary alicyclic amines) is 1. The highest BCUT2D eigenvalue weighted by atomic mass is 16.2. The predicted octanol–water partition coefficient (Wildman–Crippen LogP) is 2.89. The average Bonchev–Trinajstić information content (AvgIpc) is 3.39. The monoisotopic (exact) mass is 369 g/mol. The zero-order chi connectivity index (χ0) is 18.8. The van der Waals surface area contributed by atoms with Crippen molar-refractivity contribution in [1.29, 1.82) is 0 Å². The van der Waals surface area contributed by atoms with Gasteiger partial charge < -0.3 is 9.80 Å². The maximum absolute atomic E-state index is 12.7. The van der Waals surface area contributed by atoms with Gasteiger partial charge >= 0.3 is 0 Å². The molecule has 1 atom stereocenters. The number of pyridine rings is 1. The molecule has 1 saturated carbocycles. The molecular formula is C21H31N5O. The Morgan fingerprint density at radius 2 is 2.07 bits per heavy atom. The number of nitrogens with zero attached hydrogens (tertiary/aromatic N) is 5. The molecule has 1 aliphatic carbocycles. The maximum Gasteiger partial charge on any atom is 0.222 e. The van der Waals surface area contributed by atoms with Crippen LogP contribution in [0.1, 0.15) is 50.1 Å². The molecule has 146 valence electrons. The van der Waals surface area contributed by atoms with Crippen LogP contribution in [-0.2, 0) is 11.3 Å². The van der Waals surface area contributed by atoms with Crippen LogP contribution in [0.5, 0.6) is 0 Å². The summed E-state index contributed by atoms with van der Waals surface area (Å²) in [5, 5.41) is 6.07. The van der Waals surface area contributed by atoms with Crippen LogP contribution in [0.25, 0.3) is 11.0 Å². The first-order chi connectivity index (χ1) is 13.1. The van der Waals surface area contributed by atoms with Gasteiger partial charge in [0.15, 0.2) is 5.65 Å². The normalized spacial score (nSPS) is 21.0. The molecule has 0 radical (unpaired) electrons. The van der Waals surface area contributed by atoms with E-state index >= 15 is 0 Å². The summed E-state index contributed by atoms with van der Waals surface area (Å²) in [4.78, 5) is 21.5. The van der Waals surface area contributed by atoms with Crippen molar-refractivity contribution in [3.63, 3.8) is 0 Å². The van der Waals surface area contributed by atoms with Crippen molar-refractivity contribution in [2.75, 3.05) is 33.7 Å². The Kier molecular flexibility index (Phi) is 5.43. The van der Waals surface area contributed by atoms with E-state index < -0.39 is 0 Å². The second kappa shape index (κ2) is 7.97. The second-order valence-corrected chi connectivity index (χ2v) is 8.47. The third kappa shape index (κ3) is 4.00. The predicted molar refractivity (Wildman–Crippen MR) is 107 cm³/mol. The van der Waals surface area contributed by atoms with Crippen LogP contribution in [0.4, 0.5) is 0 Å². The third-order valence-corrected chi connectivity index (χ3v) is 6.16. The number of hydrogen-bond donors (Lipinski definition) is 0. The minimum absolute atomic E-state index is 0.324. The highest BCUT2D eigenvalue weighted by molar-refractivity contribution is 5.80. The van der Waals surface area contributed by atoms with Gasteiger partial charge in [-0.05, 0) is 51.4 Å². The first-order valence-corrected chi connectivity index (χ1v) is 10.4. The fraction of sp³-hybridized carbons (Fsp3) is 0.667. The number of likely N-dealkylation sites (N-methyl/N-ethyl adjacent to an activating group) is 1. The van der Waals surface area contributed by atoms with Crippen molar-refractivity contribution in [2.24, 2.45) is 5.92 Å². The van der Waals surface area contributed by atoms with Crippen molar-refractivity contribution >= 4 is 16.9 Å². The van der Waals surface area contributed by atoms with Crippen LogP contribution >= 0.6 is 0 Å². The van der Waals surface area contributed by atoms with Crippen molar-refractivity contribution < 1.29 is 4.79 Å². The van der Waals surface area contributed by atoms with Crippen molar-refractivity contribution in [3.8, 4) is 0 Å². The van der Waals surface area contributed by atoms with Gasteiger partial charge in [-0.1, -0.05) is 12.8 Å². The Morgan fingerprint density at radius 3 is 2.85 bits per heavy atom. The van der Waals surface area contributed by atoms with E-state index in [0.29, 0.717) is 17.7 Å². The number of hydrogen-bond acceptors (Lipinski definition) is 4. The minimum atomic E-state index is 0.324. The van der Waals surface area contributed by atoms with E-state index in [9.17, 15) is 4.79 Å². The number of aromatic nitrogens is 3. The molecule has 0 aromatic carbocycles. The largest absolute Gasteiger partial charge is 0.342 e. The molecule has 0 spiro atoms. The zero-order valence-electron chi connectivity index (χ0n) is 16.6. The van der Waals surface area contributed by atoms with E-state index in [1.54, 1.807) is 0 Å². The van der Waals surface area contributed by atoms with Gasteiger partial charge in [0.05, 0.1) is 12.2 Å². The van der Waals surface area contributed by atoms with Gasteiger partial charge in [-0.25, -0.2) is 9.67 Å². The third-order valence-electron chi connectivity index (χ3n) is 6.16. The molecule has 1 unspecified atom stereocenters. The zero-order valence-corrected chi connectivity index (χ0v) is 16.6. The summed E-state index contributed by atoms with van der Waals surface area (Å²) in [6.07, 6.45) is 8.64. The number of carbonyl (C=O) groups excluding carboxylic acids is 1. The Balaban J connectivity index is 1.48. The lowest BCUT2D eigenvalue weighted by Crippen LogP contribution is -2.29. The fourth-order valence-corrected chi connectivity index (χ4v) is 4.59. The smallest absolute Gasteiger partial charge is 0.222 e. The summed E-state index contributed by atoms with van der Waals surface area (Å²) in [7, 11) is 4.15. The van der Waals surface area contributed by atoms with Gasteiger partial charge in [0.1, 0.15) is 0 Å². The second-order valence-electron chi connectivity index (χ2n) is 8.47. The quantitative estimate of drug-likeness (QED) is 0.786. The lowest BCUT2D eigenvalue weighted by molar-refractivity contribution is -0.131. The van der Waals surface area contributed by atoms with Crippen molar-refractivity contribution in [1.82, 2.24) is 24.6 Å². The molecule has 0 N–H and O–H groups in total. The number of rotatable bonds is 6. The molecule has 2 aromatic rings. The molecular weight excluding hydrogens is 338 g/mol. The van der Waals surface area contributed by atoms with Gasteiger partial charge in [0.25, 0.3) is 0 Å². The van der Waals surface area contributed by atoms with Crippen LogP contribution in [0, 0.1) is 5.92 Å². The molecule has 2 aromatic heterocycles. The van der Waals surface area contributed by atoms with Crippen LogP contribution in [-0.4, -0.2) is 64.2 Å². The standard InChI is InChI=1S/C21H31N5O/c1-24(2)12-13-26-21-18(8-5-10-22-21)20(23-26)17-9-11-25(15-17)19(27)14-16-6-3-4-7-16/h5,8,10,16-17H,3-4,6-7,9,11-15H2,1-2H3. The van der Waals surface area contributed by atoms with Gasteiger partial charge in [0, 0.05) is 43.6 Å². The number of fused-ring (bicyclic) bond motifs is 1. The van der Waals surface area contributed by atoms with Crippen LogP contribution < -0.4 is 0 Å². The Hall–Kier alpha value is -1.95. The molecule has 4 rings (SSSR count). The average molecular weight is 370 g/mol. The fourth-order valence-electron chi connectivity index (χ4n) is 4.59. The summed E-state index contributed by atoms with van der Waals surface area (Å²) < 4.78 is 2.04. The highest BCUT2D eigenvalue weighted by Crippen LogP contribution is 2.33. The molecule has 3 heterocycles. The van der Waals surface area contributed by atoms with E-state index in [4.69, 9.17) is 5.10 Å². The molecule has 6 nitrogen and oxygen atoms in total. The molecule has 6 heteroatoms. The maximum atomic E-state index is 12.7. The number of amides is 1. The molecule has 2 fully saturated rings. The number of carbonyl (C=O) groups is 1. The molecule has 2 aliphatic rings. The summed E-state index contributed by atoms with van der Waals surface area (Å²) in [5.41, 5.74) is 2.08. The minimum Gasteiger partial charge on any atom is -0.342 e. The molecule has 1 aliphatic heterocycles. The first kappa shape index (κ1) is 18.4. The molecule has 1 amide bonds. The summed E-state index contributed by atoms with van der Waals surface area (Å²) in [5.74, 6) is 1.29. The lowest BCUT2D eigenvalue weighted by Gasteiger charge is -2.18. The summed E-state index contributed by atoms with van der Waals surface area (Å²) >= 11 is 0. The molecule has 27 heavy (non-hydrogen) atoms. The van der Waals surface area contributed by atoms with Crippen molar-refractivity contribution in [3.05, 3.63) is 24.0 Å². The van der Waals surface area contributed by atoms with Crippen LogP contribution in [0.15, 0.2) is 18.3 Å². The summed E-state index contributed by atoms with van der Waals surface area (Å²) in [6.45, 7) is 3.43. The SMILES string of the molecule is CN(C)CCn1nc(C2CCN(C(=O)CC3CCCC3)C2)c2cccnc21. The van der Waals surface area contributed by atoms with E-state index in [1.807, 2.05) is 16.9 Å². The first-order valence-electron chi connectivity index (χ1n) is 10.4. The van der Waals surface area contributed by atoms with E-state index in [0.717, 1.165) is 55.7 Å². The van der Waals surface area contributed by atoms with Crippen molar-refractivity contribution in [2.45, 2.75) is 51.0 Å². The molecule has 1 saturated heterocycles. The van der Waals surface area contributed by atoms with Crippen LogP contribution in [0.3, 0.4) is 0 Å². The summed E-state index contributed by atoms with van der Waals surface area (Å²) in [6, 6.07) is 4.11. The lowest BCUT2D eigenvalue weighted by atomic mass is 10.0. The van der Waals surface area contributed by atoms with Gasteiger partial charge in [0.2, 0.25) is 5.91 Å². The topological polar surface area (TPSA) is 54.3 Å². The van der Waals surface area contributed by atoms with Gasteiger partial charge in [-0.2, -0.15) is 5.10 Å². The van der Waals surface area contributed by atoms with Crippen LogP contribution in [0.2, 0.25) is 0 Å². The van der Waals surface area contributed by atoms with Gasteiger partial charge in [-0.3, -0.25) is 4.79 Å².